The van der Waals surface area contributed by atoms with Crippen molar-refractivity contribution < 1.29 is 4.79 Å². The van der Waals surface area contributed by atoms with Gasteiger partial charge in [0.25, 0.3) is 5.91 Å². The highest BCUT2D eigenvalue weighted by molar-refractivity contribution is 5.93. The van der Waals surface area contributed by atoms with Gasteiger partial charge in [-0.1, -0.05) is 20.3 Å². The summed E-state index contributed by atoms with van der Waals surface area (Å²) in [7, 11) is 0. The molecule has 0 unspecified atom stereocenters. The molecular weight excluding hydrogens is 238 g/mol. The summed E-state index contributed by atoms with van der Waals surface area (Å²) in [6.45, 7) is 5.93. The quantitative estimate of drug-likeness (QED) is 0.794. The Morgan fingerprint density at radius 1 is 1.42 bits per heavy atom. The molecule has 2 rings (SSSR count). The Morgan fingerprint density at radius 3 is 2.74 bits per heavy atom. The Kier molecular flexibility index (Phi) is 4.17. The predicted molar refractivity (Wildman–Crippen MR) is 78.0 cm³/mol. The molecule has 1 aliphatic rings. The monoisotopic (exact) mass is 263 g/mol. The van der Waals surface area contributed by atoms with Crippen molar-refractivity contribution in [2.75, 3.05) is 12.3 Å². The lowest BCUT2D eigenvalue weighted by molar-refractivity contribution is 0.0934. The van der Waals surface area contributed by atoms with Crippen LogP contribution in [0.1, 0.15) is 56.4 Å². The van der Waals surface area contributed by atoms with Gasteiger partial charge >= 0.3 is 0 Å². The fourth-order valence-electron chi connectivity index (χ4n) is 2.73. The van der Waals surface area contributed by atoms with E-state index in [9.17, 15) is 4.79 Å². The zero-order chi connectivity index (χ0) is 13.9. The van der Waals surface area contributed by atoms with Gasteiger partial charge in [-0.25, -0.2) is 0 Å². The van der Waals surface area contributed by atoms with Gasteiger partial charge in [-0.05, 0) is 37.2 Å². The number of nitrogens with one attached hydrogen (secondary N) is 1. The van der Waals surface area contributed by atoms with Gasteiger partial charge in [0.15, 0.2) is 0 Å². The maximum atomic E-state index is 12.2. The van der Waals surface area contributed by atoms with Gasteiger partial charge in [0.05, 0.1) is 5.69 Å². The second kappa shape index (κ2) is 5.68. The molecule has 0 aliphatic heterocycles. The van der Waals surface area contributed by atoms with Crippen LogP contribution in [0.3, 0.4) is 0 Å². The molecule has 0 spiro atoms. The van der Waals surface area contributed by atoms with Crippen LogP contribution < -0.4 is 11.1 Å². The highest BCUT2D eigenvalue weighted by Gasteiger charge is 2.41. The van der Waals surface area contributed by atoms with Crippen LogP contribution in [0.2, 0.25) is 0 Å². The van der Waals surface area contributed by atoms with Gasteiger partial charge in [0.1, 0.15) is 5.69 Å². The first-order valence-electron chi connectivity index (χ1n) is 7.34. The highest BCUT2D eigenvalue weighted by atomic mass is 16.1. The summed E-state index contributed by atoms with van der Waals surface area (Å²) in [4.78, 5) is 12.2. The molecule has 0 aromatic carbocycles. The molecular formula is C15H25N3O. The number of aryl methyl sites for hydroxylation is 1. The number of carbonyl (C=O) groups excluding carboxylic acids is 1. The molecule has 1 heterocycles. The summed E-state index contributed by atoms with van der Waals surface area (Å²) in [6.07, 6.45) is 7.74. The lowest BCUT2D eigenvalue weighted by atomic mass is 10.0. The molecule has 4 nitrogen and oxygen atoms in total. The number of nitrogen functional groups attached to an aromatic ring is 1. The van der Waals surface area contributed by atoms with Gasteiger partial charge in [0, 0.05) is 19.3 Å². The lowest BCUT2D eigenvalue weighted by Crippen LogP contribution is -2.31. The first-order valence-corrected chi connectivity index (χ1v) is 7.34. The van der Waals surface area contributed by atoms with Crippen molar-refractivity contribution >= 4 is 11.6 Å². The molecule has 106 valence electrons. The Hall–Kier alpha value is -1.45. The summed E-state index contributed by atoms with van der Waals surface area (Å²) in [5, 5.41) is 3.08. The summed E-state index contributed by atoms with van der Waals surface area (Å²) >= 11 is 0. The van der Waals surface area contributed by atoms with Crippen molar-refractivity contribution in [3.8, 4) is 0 Å². The van der Waals surface area contributed by atoms with Gasteiger partial charge in [0.2, 0.25) is 0 Å². The van der Waals surface area contributed by atoms with Crippen LogP contribution in [0.15, 0.2) is 12.3 Å². The van der Waals surface area contributed by atoms with E-state index >= 15 is 0 Å². The Balaban J connectivity index is 1.96. The lowest BCUT2D eigenvalue weighted by Gasteiger charge is -2.15. The van der Waals surface area contributed by atoms with Gasteiger partial charge in [-0.2, -0.15) is 0 Å². The Bertz CT molecular complexity index is 446. The van der Waals surface area contributed by atoms with Crippen LogP contribution in [0.25, 0.3) is 0 Å². The van der Waals surface area contributed by atoms with Crippen LogP contribution in [-0.2, 0) is 6.54 Å². The minimum absolute atomic E-state index is 0.00697. The third kappa shape index (κ3) is 3.31. The zero-order valence-electron chi connectivity index (χ0n) is 12.0. The largest absolute Gasteiger partial charge is 0.397 e. The Labute approximate surface area is 115 Å². The average molecular weight is 263 g/mol. The van der Waals surface area contributed by atoms with E-state index in [2.05, 4.69) is 19.2 Å². The van der Waals surface area contributed by atoms with Gasteiger partial charge in [-0.15, -0.1) is 0 Å². The second-order valence-electron chi connectivity index (χ2n) is 5.78. The van der Waals surface area contributed by atoms with E-state index in [-0.39, 0.29) is 5.91 Å². The van der Waals surface area contributed by atoms with Crippen LogP contribution in [-0.4, -0.2) is 17.0 Å². The molecule has 0 saturated heterocycles. The van der Waals surface area contributed by atoms with E-state index in [1.165, 1.54) is 25.7 Å². The molecule has 19 heavy (non-hydrogen) atoms. The third-order valence-electron chi connectivity index (χ3n) is 3.98. The number of anilines is 1. The number of rotatable bonds is 7. The molecule has 1 aromatic rings. The maximum Gasteiger partial charge on any atom is 0.268 e. The number of hydrogen-bond acceptors (Lipinski definition) is 2. The van der Waals surface area contributed by atoms with E-state index < -0.39 is 0 Å². The molecule has 0 radical (unpaired) electrons. The SMILES string of the molecule is CCCn1cc(N)cc1C(=O)NCC1(CCC)CC1. The number of amides is 1. The first-order chi connectivity index (χ1) is 9.10. The fourth-order valence-corrected chi connectivity index (χ4v) is 2.73. The smallest absolute Gasteiger partial charge is 0.268 e. The average Bonchev–Trinajstić information content (AvgIpc) is 3.04. The topological polar surface area (TPSA) is 60.0 Å². The van der Waals surface area contributed by atoms with Crippen molar-refractivity contribution in [3.63, 3.8) is 0 Å². The first kappa shape index (κ1) is 14.0. The maximum absolute atomic E-state index is 12.2. The molecule has 1 amide bonds. The van der Waals surface area contributed by atoms with Crippen molar-refractivity contribution in [2.45, 2.75) is 52.5 Å². The number of aromatic nitrogens is 1. The fraction of sp³-hybridized carbons (Fsp3) is 0.667. The molecule has 4 heteroatoms. The molecule has 0 atom stereocenters. The number of nitrogens with zero attached hydrogens (tertiary/aromatic N) is 1. The third-order valence-corrected chi connectivity index (χ3v) is 3.98. The molecule has 1 aromatic heterocycles. The van der Waals surface area contributed by atoms with Crippen molar-refractivity contribution in [2.24, 2.45) is 5.41 Å². The molecule has 1 saturated carbocycles. The van der Waals surface area contributed by atoms with Gasteiger partial charge in [-0.3, -0.25) is 4.79 Å². The summed E-state index contributed by atoms with van der Waals surface area (Å²) in [6, 6.07) is 1.77. The Morgan fingerprint density at radius 2 is 2.16 bits per heavy atom. The minimum atomic E-state index is 0.00697. The van der Waals surface area contributed by atoms with Crippen LogP contribution >= 0.6 is 0 Å². The number of hydrogen-bond donors (Lipinski definition) is 2. The molecule has 1 aliphatic carbocycles. The predicted octanol–water partition coefficient (Wildman–Crippen LogP) is 2.79. The van der Waals surface area contributed by atoms with E-state index in [4.69, 9.17) is 5.73 Å². The van der Waals surface area contributed by atoms with Crippen LogP contribution in [0, 0.1) is 5.41 Å². The van der Waals surface area contributed by atoms with Crippen LogP contribution in [0.5, 0.6) is 0 Å². The number of nitrogens with two attached hydrogens (primary N) is 1. The van der Waals surface area contributed by atoms with Crippen molar-refractivity contribution in [3.05, 3.63) is 18.0 Å². The van der Waals surface area contributed by atoms with E-state index in [0.717, 1.165) is 19.5 Å². The highest BCUT2D eigenvalue weighted by Crippen LogP contribution is 2.48. The van der Waals surface area contributed by atoms with Crippen LogP contribution in [0.4, 0.5) is 5.69 Å². The van der Waals surface area contributed by atoms with Crippen molar-refractivity contribution in [1.29, 1.82) is 0 Å². The summed E-state index contributed by atoms with van der Waals surface area (Å²) < 4.78 is 1.95. The van der Waals surface area contributed by atoms with E-state index in [1.807, 2.05) is 10.8 Å². The molecule has 1 fully saturated rings. The van der Waals surface area contributed by atoms with Gasteiger partial charge < -0.3 is 15.6 Å². The molecule has 3 N–H and O–H groups in total. The summed E-state index contributed by atoms with van der Waals surface area (Å²) in [5.41, 5.74) is 7.52. The zero-order valence-corrected chi connectivity index (χ0v) is 12.0. The number of carbonyl (C=O) groups is 1. The van der Waals surface area contributed by atoms with E-state index in [0.29, 0.717) is 16.8 Å². The van der Waals surface area contributed by atoms with Crippen molar-refractivity contribution in [1.82, 2.24) is 9.88 Å². The standard InChI is InChI=1S/C15H25N3O/c1-3-5-15(6-7-15)11-17-14(19)13-9-12(16)10-18(13)8-4-2/h9-10H,3-8,11,16H2,1-2H3,(H,17,19). The van der Waals surface area contributed by atoms with E-state index in [1.54, 1.807) is 6.07 Å². The summed E-state index contributed by atoms with van der Waals surface area (Å²) in [5.74, 6) is 0.00697. The second-order valence-corrected chi connectivity index (χ2v) is 5.78. The molecule has 0 bridgehead atoms. The minimum Gasteiger partial charge on any atom is -0.397 e. The normalized spacial score (nSPS) is 16.3.